The van der Waals surface area contributed by atoms with Crippen molar-refractivity contribution in [2.24, 2.45) is 0 Å². The Hall–Kier alpha value is -3.12. The zero-order valence-electron chi connectivity index (χ0n) is 14.0. The van der Waals surface area contributed by atoms with E-state index >= 15 is 0 Å². The molecule has 1 aromatic rings. The van der Waals surface area contributed by atoms with Crippen LogP contribution in [0.5, 0.6) is 5.75 Å². The summed E-state index contributed by atoms with van der Waals surface area (Å²) in [5.41, 5.74) is -1.60. The molecule has 13 heteroatoms. The summed E-state index contributed by atoms with van der Waals surface area (Å²) in [4.78, 5) is 23.8. The van der Waals surface area contributed by atoms with Gasteiger partial charge in [0, 0.05) is 5.69 Å². The monoisotopic (exact) mass is 417 g/mol. The van der Waals surface area contributed by atoms with E-state index < -0.39 is 49.0 Å². The van der Waals surface area contributed by atoms with Crippen molar-refractivity contribution in [2.45, 2.75) is 12.4 Å². The Labute approximate surface area is 153 Å². The Balaban J connectivity index is 3.05. The predicted octanol–water partition coefficient (Wildman–Crippen LogP) is 3.09. The summed E-state index contributed by atoms with van der Waals surface area (Å²) >= 11 is 0. The minimum absolute atomic E-state index is 0.0180. The van der Waals surface area contributed by atoms with Crippen molar-refractivity contribution in [1.29, 1.82) is 0 Å². The molecule has 0 fully saturated rings. The molecule has 0 aliphatic carbocycles. The first-order valence-corrected chi connectivity index (χ1v) is 7.14. The van der Waals surface area contributed by atoms with Crippen molar-refractivity contribution in [3.8, 4) is 5.75 Å². The molecule has 0 bridgehead atoms. The maximum absolute atomic E-state index is 12.2. The van der Waals surface area contributed by atoms with E-state index in [1.165, 1.54) is 31.4 Å². The third-order valence-electron chi connectivity index (χ3n) is 2.73. The van der Waals surface area contributed by atoms with Crippen molar-refractivity contribution < 1.29 is 55.2 Å². The van der Waals surface area contributed by atoms with E-state index in [1.807, 2.05) is 5.32 Å². The Kier molecular flexibility index (Phi) is 7.52. The molecule has 0 heterocycles. The van der Waals surface area contributed by atoms with Gasteiger partial charge in [0.15, 0.2) is 13.2 Å². The van der Waals surface area contributed by atoms with Crippen LogP contribution in [-0.2, 0) is 19.1 Å². The molecule has 2 N–H and O–H groups in total. The van der Waals surface area contributed by atoms with E-state index in [0.29, 0.717) is 5.75 Å². The molecule has 0 saturated heterocycles. The number of methoxy groups -OCH3 is 1. The van der Waals surface area contributed by atoms with Gasteiger partial charge in [0.2, 0.25) is 5.57 Å². The van der Waals surface area contributed by atoms with E-state index in [-0.39, 0.29) is 5.69 Å². The van der Waals surface area contributed by atoms with Gasteiger partial charge in [-0.2, -0.15) is 26.3 Å². The van der Waals surface area contributed by atoms with Gasteiger partial charge < -0.3 is 24.6 Å². The first-order valence-electron chi connectivity index (χ1n) is 7.14. The number of aliphatic hydroxyl groups excluding tert-OH is 1. The summed E-state index contributed by atoms with van der Waals surface area (Å²) in [5.74, 6) is -5.08. The summed E-state index contributed by atoms with van der Waals surface area (Å²) < 4.78 is 85.5. The average Bonchev–Trinajstić information content (AvgIpc) is 2.58. The van der Waals surface area contributed by atoms with Crippen LogP contribution >= 0.6 is 0 Å². The van der Waals surface area contributed by atoms with Crippen molar-refractivity contribution >= 4 is 17.6 Å². The fourth-order valence-electron chi connectivity index (χ4n) is 1.59. The second kappa shape index (κ2) is 9.19. The number of hydrogen-bond acceptors (Lipinski definition) is 6. The standard InChI is InChI=1S/C15H13F6NO6/c1-26-9-4-2-8(3-5-9)22-11(23)10(12(24)27-6-14(16,17)18)13(25)28-7-15(19,20)21/h2-5,24H,6-7H2,1H3,(H,22,23)/b12-10-. The number of hydrogen-bond donors (Lipinski definition) is 2. The van der Waals surface area contributed by atoms with Gasteiger partial charge in [0.05, 0.1) is 7.11 Å². The van der Waals surface area contributed by atoms with Gasteiger partial charge in [-0.15, -0.1) is 0 Å². The van der Waals surface area contributed by atoms with Crippen molar-refractivity contribution in [3.63, 3.8) is 0 Å². The van der Waals surface area contributed by atoms with Crippen LogP contribution in [0, 0.1) is 0 Å². The van der Waals surface area contributed by atoms with Crippen LogP contribution in [0.15, 0.2) is 35.8 Å². The second-order valence-electron chi connectivity index (χ2n) is 4.96. The zero-order valence-corrected chi connectivity index (χ0v) is 14.0. The van der Waals surface area contributed by atoms with E-state index in [9.17, 15) is 41.0 Å². The maximum atomic E-state index is 12.2. The van der Waals surface area contributed by atoms with Gasteiger partial charge in [0.1, 0.15) is 5.75 Å². The molecular formula is C15H13F6NO6. The number of esters is 1. The molecule has 0 atom stereocenters. The number of anilines is 1. The number of halogens is 6. The highest BCUT2D eigenvalue weighted by Crippen LogP contribution is 2.21. The zero-order chi connectivity index (χ0) is 21.5. The largest absolute Gasteiger partial charge is 0.497 e. The molecule has 0 radical (unpaired) electrons. The van der Waals surface area contributed by atoms with Crippen LogP contribution in [0.4, 0.5) is 32.0 Å². The Bertz CT molecular complexity index is 726. The average molecular weight is 417 g/mol. The fraction of sp³-hybridized carbons (Fsp3) is 0.333. The quantitative estimate of drug-likeness (QED) is 0.177. The lowest BCUT2D eigenvalue weighted by Gasteiger charge is -2.14. The molecule has 0 aliphatic rings. The molecule has 7 nitrogen and oxygen atoms in total. The number of amides is 1. The van der Waals surface area contributed by atoms with Crippen molar-refractivity contribution in [3.05, 3.63) is 35.8 Å². The van der Waals surface area contributed by atoms with Crippen LogP contribution < -0.4 is 10.1 Å². The first-order chi connectivity index (χ1) is 12.8. The number of carbonyl (C=O) groups excluding carboxylic acids is 2. The summed E-state index contributed by atoms with van der Waals surface area (Å²) in [6, 6.07) is 5.23. The SMILES string of the molecule is COc1ccc(NC(=O)/C(C(=O)OCC(F)(F)F)=C(\O)OCC(F)(F)F)cc1. The van der Waals surface area contributed by atoms with Crippen LogP contribution in [0.2, 0.25) is 0 Å². The molecule has 0 aromatic heterocycles. The van der Waals surface area contributed by atoms with E-state index in [2.05, 4.69) is 9.47 Å². The van der Waals surface area contributed by atoms with Crippen LogP contribution in [0.3, 0.4) is 0 Å². The number of rotatable bonds is 7. The van der Waals surface area contributed by atoms with Gasteiger partial charge in [-0.3, -0.25) is 4.79 Å². The minimum Gasteiger partial charge on any atom is -0.497 e. The van der Waals surface area contributed by atoms with Gasteiger partial charge >= 0.3 is 18.3 Å². The van der Waals surface area contributed by atoms with Crippen LogP contribution in [0.1, 0.15) is 0 Å². The molecule has 0 saturated carbocycles. The molecular weight excluding hydrogens is 404 g/mol. The summed E-state index contributed by atoms with van der Waals surface area (Å²) in [7, 11) is 1.35. The Morgan fingerprint density at radius 3 is 1.93 bits per heavy atom. The lowest BCUT2D eigenvalue weighted by atomic mass is 10.2. The molecule has 0 aliphatic heterocycles. The number of nitrogens with one attached hydrogen (secondary N) is 1. The van der Waals surface area contributed by atoms with Gasteiger partial charge in [-0.1, -0.05) is 0 Å². The number of aliphatic hydroxyl groups is 1. The predicted molar refractivity (Wildman–Crippen MR) is 80.3 cm³/mol. The molecule has 0 unspecified atom stereocenters. The number of carbonyl (C=O) groups is 2. The number of ether oxygens (including phenoxy) is 3. The summed E-state index contributed by atoms with van der Waals surface area (Å²) in [6.07, 6.45) is -9.93. The highest BCUT2D eigenvalue weighted by atomic mass is 19.4. The lowest BCUT2D eigenvalue weighted by Crippen LogP contribution is -2.29. The molecule has 1 rings (SSSR count). The third-order valence-corrected chi connectivity index (χ3v) is 2.73. The third kappa shape index (κ3) is 8.05. The molecule has 28 heavy (non-hydrogen) atoms. The molecule has 1 amide bonds. The minimum atomic E-state index is -4.98. The van der Waals surface area contributed by atoms with Crippen LogP contribution in [0.25, 0.3) is 0 Å². The Morgan fingerprint density at radius 1 is 0.964 bits per heavy atom. The van der Waals surface area contributed by atoms with E-state index in [1.54, 1.807) is 0 Å². The normalized spacial score (nSPS) is 12.7. The second-order valence-corrected chi connectivity index (χ2v) is 4.96. The highest BCUT2D eigenvalue weighted by molar-refractivity contribution is 6.21. The molecule has 1 aromatic carbocycles. The van der Waals surface area contributed by atoms with Gasteiger partial charge in [0.25, 0.3) is 11.9 Å². The van der Waals surface area contributed by atoms with Crippen molar-refractivity contribution in [1.82, 2.24) is 0 Å². The smallest absolute Gasteiger partial charge is 0.422 e. The maximum Gasteiger partial charge on any atom is 0.422 e. The number of alkyl halides is 6. The number of benzene rings is 1. The van der Waals surface area contributed by atoms with Gasteiger partial charge in [-0.05, 0) is 24.3 Å². The summed E-state index contributed by atoms with van der Waals surface area (Å²) in [5, 5.41) is 11.5. The summed E-state index contributed by atoms with van der Waals surface area (Å²) in [6.45, 7) is -4.25. The van der Waals surface area contributed by atoms with Crippen molar-refractivity contribution in [2.75, 3.05) is 25.6 Å². The van der Waals surface area contributed by atoms with E-state index in [0.717, 1.165) is 0 Å². The fourth-order valence-corrected chi connectivity index (χ4v) is 1.59. The van der Waals surface area contributed by atoms with E-state index in [4.69, 9.17) is 4.74 Å². The Morgan fingerprint density at radius 2 is 1.46 bits per heavy atom. The molecule has 0 spiro atoms. The molecule has 156 valence electrons. The lowest BCUT2D eigenvalue weighted by molar-refractivity contribution is -0.185. The van der Waals surface area contributed by atoms with Gasteiger partial charge in [-0.25, -0.2) is 4.79 Å². The highest BCUT2D eigenvalue weighted by Gasteiger charge is 2.35. The topological polar surface area (TPSA) is 94.1 Å². The van der Waals surface area contributed by atoms with Crippen LogP contribution in [-0.4, -0.2) is 49.7 Å². The first kappa shape index (κ1) is 22.9.